The van der Waals surface area contributed by atoms with Crippen LogP contribution in [0.1, 0.15) is 11.4 Å². The topological polar surface area (TPSA) is 68.3 Å². The fraction of sp³-hybridized carbons (Fsp3) is 0.238. The fourth-order valence-corrected chi connectivity index (χ4v) is 3.01. The van der Waals surface area contributed by atoms with Crippen LogP contribution in [0.2, 0.25) is 5.02 Å². The normalized spacial score (nSPS) is 10.4. The number of ether oxygens (including phenoxy) is 2. The van der Waals surface area contributed by atoms with Crippen molar-refractivity contribution in [1.29, 1.82) is 0 Å². The molecule has 0 spiro atoms. The van der Waals surface area contributed by atoms with E-state index in [-0.39, 0.29) is 0 Å². The van der Waals surface area contributed by atoms with Gasteiger partial charge in [0.2, 0.25) is 0 Å². The molecule has 1 heterocycles. The molecule has 0 radical (unpaired) electrons. The van der Waals surface area contributed by atoms with Crippen molar-refractivity contribution in [3.63, 3.8) is 0 Å². The molecule has 0 fully saturated rings. The van der Waals surface area contributed by atoms with Gasteiger partial charge in [-0.05, 0) is 43.2 Å². The summed E-state index contributed by atoms with van der Waals surface area (Å²) in [6, 6.07) is 15.3. The van der Waals surface area contributed by atoms with Crippen LogP contribution in [0.15, 0.2) is 48.5 Å². The lowest BCUT2D eigenvalue weighted by Gasteiger charge is -2.14. The Balaban J connectivity index is 1.71. The second-order valence-electron chi connectivity index (χ2n) is 6.18. The third-order valence-electron chi connectivity index (χ3n) is 4.12. The average Bonchev–Trinajstić information content (AvgIpc) is 2.67. The molecule has 7 heteroatoms. The van der Waals surface area contributed by atoms with Gasteiger partial charge in [0.05, 0.1) is 19.9 Å². The van der Waals surface area contributed by atoms with Gasteiger partial charge in [-0.3, -0.25) is 0 Å². The number of hydrogen-bond acceptors (Lipinski definition) is 6. The predicted molar refractivity (Wildman–Crippen MR) is 113 cm³/mol. The molecule has 0 saturated heterocycles. The Morgan fingerprint density at radius 2 is 1.79 bits per heavy atom. The van der Waals surface area contributed by atoms with Gasteiger partial charge in [-0.25, -0.2) is 9.97 Å². The number of aromatic nitrogens is 2. The highest BCUT2D eigenvalue weighted by molar-refractivity contribution is 6.30. The molecule has 0 atom stereocenters. The molecule has 146 valence electrons. The first-order valence-electron chi connectivity index (χ1n) is 8.90. The van der Waals surface area contributed by atoms with Crippen LogP contribution < -0.4 is 20.1 Å². The standard InChI is InChI=1S/C21H23ClN4O2/c1-14-24-20(23-10-9-15-5-4-6-16(22)11-15)13-21(25-14)26-18-12-17(27-2)7-8-19(18)28-3/h4-8,11-13H,9-10H2,1-3H3,(H2,23,24,25,26). The van der Waals surface area contributed by atoms with Gasteiger partial charge in [0.15, 0.2) is 0 Å². The van der Waals surface area contributed by atoms with Crippen molar-refractivity contribution in [2.75, 3.05) is 31.4 Å². The van der Waals surface area contributed by atoms with E-state index in [1.54, 1.807) is 14.2 Å². The fourth-order valence-electron chi connectivity index (χ4n) is 2.80. The summed E-state index contributed by atoms with van der Waals surface area (Å²) in [5, 5.41) is 7.37. The van der Waals surface area contributed by atoms with E-state index in [2.05, 4.69) is 26.7 Å². The summed E-state index contributed by atoms with van der Waals surface area (Å²) in [5.41, 5.74) is 1.94. The van der Waals surface area contributed by atoms with Crippen LogP contribution in [0.4, 0.5) is 17.3 Å². The van der Waals surface area contributed by atoms with Crippen molar-refractivity contribution >= 4 is 28.9 Å². The largest absolute Gasteiger partial charge is 0.497 e. The lowest BCUT2D eigenvalue weighted by Crippen LogP contribution is -2.08. The first-order valence-corrected chi connectivity index (χ1v) is 9.28. The number of benzene rings is 2. The molecule has 3 aromatic rings. The second-order valence-corrected chi connectivity index (χ2v) is 6.62. The molecule has 2 N–H and O–H groups in total. The minimum Gasteiger partial charge on any atom is -0.497 e. The van der Waals surface area contributed by atoms with E-state index in [0.29, 0.717) is 17.4 Å². The summed E-state index contributed by atoms with van der Waals surface area (Å²) < 4.78 is 10.7. The Bertz CT molecular complexity index is 949. The highest BCUT2D eigenvalue weighted by Crippen LogP contribution is 2.31. The lowest BCUT2D eigenvalue weighted by molar-refractivity contribution is 0.405. The van der Waals surface area contributed by atoms with Crippen molar-refractivity contribution in [1.82, 2.24) is 9.97 Å². The summed E-state index contributed by atoms with van der Waals surface area (Å²) in [7, 11) is 3.25. The number of nitrogens with zero attached hydrogens (tertiary/aromatic N) is 2. The van der Waals surface area contributed by atoms with E-state index < -0.39 is 0 Å². The van der Waals surface area contributed by atoms with Crippen molar-refractivity contribution < 1.29 is 9.47 Å². The molecule has 0 amide bonds. The minimum absolute atomic E-state index is 0.664. The lowest BCUT2D eigenvalue weighted by atomic mass is 10.1. The molecular formula is C21H23ClN4O2. The zero-order valence-corrected chi connectivity index (χ0v) is 16.9. The SMILES string of the molecule is COc1ccc(OC)c(Nc2cc(NCCc3cccc(Cl)c3)nc(C)n2)c1. The Morgan fingerprint density at radius 1 is 0.964 bits per heavy atom. The molecule has 3 rings (SSSR count). The summed E-state index contributed by atoms with van der Waals surface area (Å²) in [5.74, 6) is 3.52. The number of anilines is 3. The van der Waals surface area contributed by atoms with Gasteiger partial charge < -0.3 is 20.1 Å². The van der Waals surface area contributed by atoms with Gasteiger partial charge >= 0.3 is 0 Å². The Morgan fingerprint density at radius 3 is 2.54 bits per heavy atom. The van der Waals surface area contributed by atoms with E-state index in [9.17, 15) is 0 Å². The smallest absolute Gasteiger partial charge is 0.142 e. The number of methoxy groups -OCH3 is 2. The van der Waals surface area contributed by atoms with Crippen LogP contribution in [-0.2, 0) is 6.42 Å². The van der Waals surface area contributed by atoms with Crippen LogP contribution in [-0.4, -0.2) is 30.7 Å². The number of hydrogen-bond donors (Lipinski definition) is 2. The summed E-state index contributed by atoms with van der Waals surface area (Å²) in [6.07, 6.45) is 0.843. The van der Waals surface area contributed by atoms with Gasteiger partial charge in [0.25, 0.3) is 0 Å². The van der Waals surface area contributed by atoms with Gasteiger partial charge in [-0.2, -0.15) is 0 Å². The predicted octanol–water partition coefficient (Wildman–Crippen LogP) is 4.85. The van der Waals surface area contributed by atoms with E-state index in [4.69, 9.17) is 21.1 Å². The quantitative estimate of drug-likeness (QED) is 0.565. The van der Waals surface area contributed by atoms with E-state index in [1.807, 2.05) is 49.4 Å². The van der Waals surface area contributed by atoms with E-state index in [1.165, 1.54) is 5.56 Å². The van der Waals surface area contributed by atoms with Crippen LogP contribution in [0, 0.1) is 6.92 Å². The monoisotopic (exact) mass is 398 g/mol. The van der Waals surface area contributed by atoms with Gasteiger partial charge in [0, 0.05) is 23.7 Å². The third-order valence-corrected chi connectivity index (χ3v) is 4.35. The summed E-state index contributed by atoms with van der Waals surface area (Å²) >= 11 is 6.04. The molecule has 0 saturated carbocycles. The minimum atomic E-state index is 0.664. The van der Waals surface area contributed by atoms with Crippen LogP contribution in [0.5, 0.6) is 11.5 Å². The van der Waals surface area contributed by atoms with Gasteiger partial charge in [0.1, 0.15) is 29.0 Å². The van der Waals surface area contributed by atoms with Crippen molar-refractivity contribution in [2.45, 2.75) is 13.3 Å². The first-order chi connectivity index (χ1) is 13.6. The molecule has 2 aromatic carbocycles. The van der Waals surface area contributed by atoms with Crippen molar-refractivity contribution in [2.24, 2.45) is 0 Å². The first kappa shape index (κ1) is 19.8. The zero-order valence-electron chi connectivity index (χ0n) is 16.1. The summed E-state index contributed by atoms with van der Waals surface area (Å²) in [6.45, 7) is 2.59. The highest BCUT2D eigenvalue weighted by Gasteiger charge is 2.08. The van der Waals surface area contributed by atoms with Crippen LogP contribution in [0.25, 0.3) is 0 Å². The molecule has 6 nitrogen and oxygen atoms in total. The number of nitrogens with one attached hydrogen (secondary N) is 2. The maximum Gasteiger partial charge on any atom is 0.142 e. The Kier molecular flexibility index (Phi) is 6.55. The van der Waals surface area contributed by atoms with Crippen LogP contribution in [0.3, 0.4) is 0 Å². The van der Waals surface area contributed by atoms with E-state index >= 15 is 0 Å². The average molecular weight is 399 g/mol. The molecule has 0 aliphatic heterocycles. The maximum atomic E-state index is 6.04. The molecule has 28 heavy (non-hydrogen) atoms. The number of rotatable bonds is 8. The van der Waals surface area contributed by atoms with Gasteiger partial charge in [-0.1, -0.05) is 23.7 Å². The van der Waals surface area contributed by atoms with Gasteiger partial charge in [-0.15, -0.1) is 0 Å². The van der Waals surface area contributed by atoms with Crippen molar-refractivity contribution in [3.05, 3.63) is 64.9 Å². The molecular weight excluding hydrogens is 376 g/mol. The molecule has 1 aromatic heterocycles. The third kappa shape index (κ3) is 5.27. The molecule has 0 aliphatic carbocycles. The molecule has 0 aliphatic rings. The Labute approximate surface area is 169 Å². The summed E-state index contributed by atoms with van der Waals surface area (Å²) in [4.78, 5) is 8.92. The highest BCUT2D eigenvalue weighted by atomic mass is 35.5. The van der Waals surface area contributed by atoms with Crippen molar-refractivity contribution in [3.8, 4) is 11.5 Å². The number of halogens is 1. The molecule has 0 bridgehead atoms. The maximum absolute atomic E-state index is 6.04. The second kappa shape index (κ2) is 9.28. The Hall–Kier alpha value is -2.99. The van der Waals surface area contributed by atoms with E-state index in [0.717, 1.165) is 35.2 Å². The zero-order chi connectivity index (χ0) is 19.9. The van der Waals surface area contributed by atoms with Crippen LogP contribution >= 0.6 is 11.6 Å². The number of aryl methyl sites for hydroxylation is 1. The molecule has 0 unspecified atom stereocenters.